The van der Waals surface area contributed by atoms with Crippen LogP contribution < -0.4 is 0 Å². The number of hydrogen-bond acceptors (Lipinski definition) is 3. The van der Waals surface area contributed by atoms with E-state index in [0.29, 0.717) is 24.3 Å². The summed E-state index contributed by atoms with van der Waals surface area (Å²) in [7, 11) is 0. The van der Waals surface area contributed by atoms with Gasteiger partial charge in [0.05, 0.1) is 5.56 Å². The summed E-state index contributed by atoms with van der Waals surface area (Å²) < 4.78 is 1.71. The van der Waals surface area contributed by atoms with E-state index in [4.69, 9.17) is 5.11 Å². The van der Waals surface area contributed by atoms with Gasteiger partial charge in [-0.3, -0.25) is 9.48 Å². The molecular weight excluding hydrogens is 306 g/mol. The van der Waals surface area contributed by atoms with Crippen LogP contribution in [0.1, 0.15) is 52.1 Å². The van der Waals surface area contributed by atoms with Crippen LogP contribution in [0.3, 0.4) is 0 Å². The lowest BCUT2D eigenvalue weighted by Crippen LogP contribution is -2.40. The lowest BCUT2D eigenvalue weighted by molar-refractivity contribution is 0.0682. The molecule has 0 saturated carbocycles. The van der Waals surface area contributed by atoms with E-state index in [9.17, 15) is 9.59 Å². The third kappa shape index (κ3) is 3.18. The van der Waals surface area contributed by atoms with Crippen molar-refractivity contribution in [1.29, 1.82) is 0 Å². The van der Waals surface area contributed by atoms with Gasteiger partial charge in [-0.2, -0.15) is 5.10 Å². The number of likely N-dealkylation sites (tertiary alicyclic amines) is 1. The molecule has 1 aromatic heterocycles. The first kappa shape index (κ1) is 16.2. The molecule has 1 amide bonds. The predicted molar refractivity (Wildman–Crippen MR) is 89.2 cm³/mol. The molecule has 1 aliphatic rings. The number of carbonyl (C=O) groups excluding carboxylic acids is 1. The van der Waals surface area contributed by atoms with E-state index in [2.05, 4.69) is 5.10 Å². The molecule has 1 N–H and O–H groups in total. The predicted octanol–water partition coefficient (Wildman–Crippen LogP) is 2.62. The number of benzene rings is 1. The van der Waals surface area contributed by atoms with Crippen LogP contribution in [0.4, 0.5) is 0 Å². The number of piperidine rings is 1. The third-order valence-electron chi connectivity index (χ3n) is 4.55. The molecule has 1 atom stereocenters. The molecule has 1 fully saturated rings. The summed E-state index contributed by atoms with van der Waals surface area (Å²) in [4.78, 5) is 25.8. The Labute approximate surface area is 140 Å². The molecule has 6 nitrogen and oxygen atoms in total. The van der Waals surface area contributed by atoms with Crippen molar-refractivity contribution in [2.45, 2.75) is 32.2 Å². The van der Waals surface area contributed by atoms with Gasteiger partial charge in [-0.05, 0) is 43.5 Å². The molecule has 24 heavy (non-hydrogen) atoms. The molecule has 0 bridgehead atoms. The second-order valence-corrected chi connectivity index (χ2v) is 6.05. The van der Waals surface area contributed by atoms with Crippen molar-refractivity contribution in [3.05, 3.63) is 53.3 Å². The number of aromatic nitrogens is 2. The SMILES string of the molecule is CCn1nccc1C(=O)N1CCC[C@@H](c2cccc(C(=O)O)c2)C1. The highest BCUT2D eigenvalue weighted by Crippen LogP contribution is 2.28. The van der Waals surface area contributed by atoms with E-state index in [-0.39, 0.29) is 11.8 Å². The Hall–Kier alpha value is -2.63. The van der Waals surface area contributed by atoms with E-state index in [0.717, 1.165) is 24.9 Å². The lowest BCUT2D eigenvalue weighted by atomic mass is 9.89. The Kier molecular flexibility index (Phi) is 4.64. The van der Waals surface area contributed by atoms with E-state index < -0.39 is 5.97 Å². The Balaban J connectivity index is 1.78. The van der Waals surface area contributed by atoms with Gasteiger partial charge in [-0.25, -0.2) is 4.79 Å². The molecule has 0 aliphatic carbocycles. The lowest BCUT2D eigenvalue weighted by Gasteiger charge is -2.33. The summed E-state index contributed by atoms with van der Waals surface area (Å²) in [5.74, 6) is -0.763. The van der Waals surface area contributed by atoms with Gasteiger partial charge < -0.3 is 10.0 Å². The molecule has 2 aromatic rings. The smallest absolute Gasteiger partial charge is 0.335 e. The normalized spacial score (nSPS) is 17.7. The molecule has 0 unspecified atom stereocenters. The second-order valence-electron chi connectivity index (χ2n) is 6.05. The first-order chi connectivity index (χ1) is 11.6. The van der Waals surface area contributed by atoms with Gasteiger partial charge in [-0.1, -0.05) is 12.1 Å². The quantitative estimate of drug-likeness (QED) is 0.936. The van der Waals surface area contributed by atoms with Crippen molar-refractivity contribution in [2.24, 2.45) is 0 Å². The van der Waals surface area contributed by atoms with Crippen LogP contribution in [-0.2, 0) is 6.54 Å². The minimum Gasteiger partial charge on any atom is -0.478 e. The van der Waals surface area contributed by atoms with Crippen LogP contribution in [-0.4, -0.2) is 44.8 Å². The summed E-state index contributed by atoms with van der Waals surface area (Å²) in [6.45, 7) is 3.95. The zero-order valence-corrected chi connectivity index (χ0v) is 13.7. The van der Waals surface area contributed by atoms with Crippen molar-refractivity contribution in [3.63, 3.8) is 0 Å². The van der Waals surface area contributed by atoms with Gasteiger partial charge >= 0.3 is 5.97 Å². The molecule has 0 spiro atoms. The van der Waals surface area contributed by atoms with E-state index >= 15 is 0 Å². The topological polar surface area (TPSA) is 75.4 Å². The van der Waals surface area contributed by atoms with Gasteiger partial charge in [0.2, 0.25) is 0 Å². The fourth-order valence-corrected chi connectivity index (χ4v) is 3.29. The highest BCUT2D eigenvalue weighted by molar-refractivity contribution is 5.92. The Morgan fingerprint density at radius 1 is 1.33 bits per heavy atom. The highest BCUT2D eigenvalue weighted by atomic mass is 16.4. The van der Waals surface area contributed by atoms with Crippen LogP contribution >= 0.6 is 0 Å². The average Bonchev–Trinajstić information content (AvgIpc) is 3.10. The maximum atomic E-state index is 12.8. The first-order valence-corrected chi connectivity index (χ1v) is 8.24. The number of rotatable bonds is 4. The molecule has 1 aromatic carbocycles. The number of aromatic carboxylic acids is 1. The van der Waals surface area contributed by atoms with Crippen molar-refractivity contribution < 1.29 is 14.7 Å². The van der Waals surface area contributed by atoms with Crippen molar-refractivity contribution in [2.75, 3.05) is 13.1 Å². The number of aryl methyl sites for hydroxylation is 1. The molecule has 6 heteroatoms. The van der Waals surface area contributed by atoms with Crippen LogP contribution in [0, 0.1) is 0 Å². The summed E-state index contributed by atoms with van der Waals surface area (Å²) in [5.41, 5.74) is 1.88. The standard InChI is InChI=1S/C18H21N3O3/c1-2-21-16(8-9-19-21)17(22)20-10-4-7-15(12-20)13-5-3-6-14(11-13)18(23)24/h3,5-6,8-9,11,15H,2,4,7,10,12H2,1H3,(H,23,24)/t15-/m1/s1. The summed E-state index contributed by atoms with van der Waals surface area (Å²) >= 11 is 0. The zero-order valence-electron chi connectivity index (χ0n) is 13.7. The Bertz CT molecular complexity index is 753. The van der Waals surface area contributed by atoms with Crippen LogP contribution in [0.25, 0.3) is 0 Å². The number of amides is 1. The van der Waals surface area contributed by atoms with Crippen molar-refractivity contribution in [3.8, 4) is 0 Å². The van der Waals surface area contributed by atoms with Gasteiger partial charge in [0.15, 0.2) is 0 Å². The molecular formula is C18H21N3O3. The third-order valence-corrected chi connectivity index (χ3v) is 4.55. The number of carboxylic acid groups (broad SMARTS) is 1. The number of carboxylic acids is 1. The maximum absolute atomic E-state index is 12.8. The average molecular weight is 327 g/mol. The van der Waals surface area contributed by atoms with Gasteiger partial charge in [0, 0.05) is 31.7 Å². The molecule has 2 heterocycles. The second kappa shape index (κ2) is 6.86. The highest BCUT2D eigenvalue weighted by Gasteiger charge is 2.27. The maximum Gasteiger partial charge on any atom is 0.335 e. The van der Waals surface area contributed by atoms with E-state index in [1.807, 2.05) is 17.9 Å². The van der Waals surface area contributed by atoms with E-state index in [1.54, 1.807) is 35.1 Å². The van der Waals surface area contributed by atoms with E-state index in [1.165, 1.54) is 0 Å². The molecule has 1 aliphatic heterocycles. The van der Waals surface area contributed by atoms with Crippen molar-refractivity contribution >= 4 is 11.9 Å². The van der Waals surface area contributed by atoms with Crippen molar-refractivity contribution in [1.82, 2.24) is 14.7 Å². The van der Waals surface area contributed by atoms with Gasteiger partial charge in [0.1, 0.15) is 5.69 Å². The fraction of sp³-hybridized carbons (Fsp3) is 0.389. The molecule has 0 radical (unpaired) electrons. The number of hydrogen-bond donors (Lipinski definition) is 1. The Morgan fingerprint density at radius 2 is 2.17 bits per heavy atom. The van der Waals surface area contributed by atoms with Gasteiger partial charge in [-0.15, -0.1) is 0 Å². The van der Waals surface area contributed by atoms with Crippen LogP contribution in [0.5, 0.6) is 0 Å². The summed E-state index contributed by atoms with van der Waals surface area (Å²) in [5, 5.41) is 13.3. The number of carbonyl (C=O) groups is 2. The zero-order chi connectivity index (χ0) is 17.1. The fourth-order valence-electron chi connectivity index (χ4n) is 3.29. The molecule has 126 valence electrons. The summed E-state index contributed by atoms with van der Waals surface area (Å²) in [6.07, 6.45) is 3.52. The minimum absolute atomic E-state index is 0.00607. The largest absolute Gasteiger partial charge is 0.478 e. The summed E-state index contributed by atoms with van der Waals surface area (Å²) in [6, 6.07) is 8.78. The molecule has 1 saturated heterocycles. The monoisotopic (exact) mass is 327 g/mol. The first-order valence-electron chi connectivity index (χ1n) is 8.24. The van der Waals surface area contributed by atoms with Gasteiger partial charge in [0.25, 0.3) is 5.91 Å². The molecule has 3 rings (SSSR count). The van der Waals surface area contributed by atoms with Crippen LogP contribution in [0.15, 0.2) is 36.5 Å². The van der Waals surface area contributed by atoms with Crippen LogP contribution in [0.2, 0.25) is 0 Å². The number of nitrogens with zero attached hydrogens (tertiary/aromatic N) is 3. The minimum atomic E-state index is -0.924. The Morgan fingerprint density at radius 3 is 2.92 bits per heavy atom.